The Morgan fingerprint density at radius 3 is 2.52 bits per heavy atom. The van der Waals surface area contributed by atoms with Crippen LogP contribution in [0.2, 0.25) is 0 Å². The summed E-state index contributed by atoms with van der Waals surface area (Å²) in [5, 5.41) is 12.3. The smallest absolute Gasteiger partial charge is 0.286 e. The fourth-order valence-corrected chi connectivity index (χ4v) is 3.84. The summed E-state index contributed by atoms with van der Waals surface area (Å²) in [6.45, 7) is 2.89. The number of rotatable bonds is 10. The summed E-state index contributed by atoms with van der Waals surface area (Å²) >= 11 is 0. The first-order valence-electron chi connectivity index (χ1n) is 10.7. The Hall–Kier alpha value is -2.83. The minimum absolute atomic E-state index is 0.0221. The Morgan fingerprint density at radius 2 is 1.87 bits per heavy atom. The van der Waals surface area contributed by atoms with Gasteiger partial charge in [-0.1, -0.05) is 42.5 Å². The Bertz CT molecular complexity index is 850. The molecule has 1 heterocycles. The highest BCUT2D eigenvalue weighted by Crippen LogP contribution is 2.39. The summed E-state index contributed by atoms with van der Waals surface area (Å²) in [5.74, 6) is 0.656. The van der Waals surface area contributed by atoms with Gasteiger partial charge < -0.3 is 24.6 Å². The average molecular weight is 426 g/mol. The minimum Gasteiger partial charge on any atom is -0.497 e. The largest absolute Gasteiger partial charge is 0.497 e. The minimum atomic E-state index is -0.564. The van der Waals surface area contributed by atoms with Crippen molar-refractivity contribution < 1.29 is 24.1 Å². The van der Waals surface area contributed by atoms with E-state index >= 15 is 0 Å². The van der Waals surface area contributed by atoms with Gasteiger partial charge in [0.25, 0.3) is 5.91 Å². The van der Waals surface area contributed by atoms with Gasteiger partial charge in [0.15, 0.2) is 5.76 Å². The molecule has 2 aromatic rings. The van der Waals surface area contributed by atoms with Crippen LogP contribution in [0, 0.1) is 5.92 Å². The molecule has 2 N–H and O–H groups in total. The Balaban J connectivity index is 1.86. The van der Waals surface area contributed by atoms with Crippen LogP contribution >= 0.6 is 0 Å². The van der Waals surface area contributed by atoms with Gasteiger partial charge in [0.05, 0.1) is 7.11 Å². The van der Waals surface area contributed by atoms with E-state index in [2.05, 4.69) is 5.32 Å². The molecule has 0 saturated heterocycles. The van der Waals surface area contributed by atoms with Crippen LogP contribution in [0.3, 0.4) is 0 Å². The lowest BCUT2D eigenvalue weighted by atomic mass is 9.80. The molecule has 0 radical (unpaired) electrons. The van der Waals surface area contributed by atoms with Crippen LogP contribution in [-0.4, -0.2) is 37.6 Å². The molecule has 2 aromatic carbocycles. The quantitative estimate of drug-likeness (QED) is 0.606. The zero-order valence-electron chi connectivity index (χ0n) is 18.1. The second-order valence-electron chi connectivity index (χ2n) is 7.47. The molecule has 0 fully saturated rings. The lowest BCUT2D eigenvalue weighted by molar-refractivity contribution is -0.166. The number of carbonyl (C=O) groups excluding carboxylic acids is 1. The van der Waals surface area contributed by atoms with Crippen LogP contribution in [0.25, 0.3) is 0 Å². The van der Waals surface area contributed by atoms with E-state index in [9.17, 15) is 9.90 Å². The third-order valence-electron chi connectivity index (χ3n) is 5.43. The van der Waals surface area contributed by atoms with Crippen molar-refractivity contribution in [2.24, 2.45) is 5.92 Å². The number of nitrogens with one attached hydrogen (secondary N) is 1. The SMILES string of the molecule is CCO[C@H]1OC(C(=O)NCc2ccccc2)=C[C@@H](c2ccc(OC)cc2)[C@@H]1CCCO. The number of hydrogen-bond acceptors (Lipinski definition) is 5. The van der Waals surface area contributed by atoms with Gasteiger partial charge in [-0.15, -0.1) is 0 Å². The molecular weight excluding hydrogens is 394 g/mol. The van der Waals surface area contributed by atoms with Gasteiger partial charge in [0.2, 0.25) is 6.29 Å². The van der Waals surface area contributed by atoms with Crippen molar-refractivity contribution >= 4 is 5.91 Å². The third kappa shape index (κ3) is 6.09. The first-order chi connectivity index (χ1) is 15.2. The van der Waals surface area contributed by atoms with Crippen molar-refractivity contribution in [1.29, 1.82) is 0 Å². The molecule has 166 valence electrons. The summed E-state index contributed by atoms with van der Waals surface area (Å²) < 4.78 is 17.2. The maximum atomic E-state index is 12.9. The van der Waals surface area contributed by atoms with Crippen LogP contribution in [-0.2, 0) is 20.8 Å². The number of allylic oxidation sites excluding steroid dienone is 1. The van der Waals surface area contributed by atoms with Gasteiger partial charge in [-0.2, -0.15) is 0 Å². The molecule has 0 aliphatic carbocycles. The average Bonchev–Trinajstić information content (AvgIpc) is 2.82. The number of aliphatic hydroxyl groups is 1. The highest BCUT2D eigenvalue weighted by molar-refractivity contribution is 5.91. The maximum Gasteiger partial charge on any atom is 0.286 e. The standard InChI is InChI=1S/C25H31NO5/c1-3-30-25-21(10-7-15-27)22(19-11-13-20(29-2)14-12-19)16-23(31-25)24(28)26-17-18-8-5-4-6-9-18/h4-6,8-9,11-14,16,21-22,25,27H,3,7,10,15,17H2,1-2H3,(H,26,28)/t21-,22-,25-/m0/s1. The van der Waals surface area contributed by atoms with Gasteiger partial charge >= 0.3 is 0 Å². The highest BCUT2D eigenvalue weighted by atomic mass is 16.7. The lowest BCUT2D eigenvalue weighted by Gasteiger charge is -2.37. The topological polar surface area (TPSA) is 77.0 Å². The van der Waals surface area contributed by atoms with E-state index < -0.39 is 6.29 Å². The van der Waals surface area contributed by atoms with Gasteiger partial charge in [-0.05, 0) is 49.1 Å². The predicted octanol–water partition coefficient (Wildman–Crippen LogP) is 3.76. The first-order valence-corrected chi connectivity index (χ1v) is 10.7. The fraction of sp³-hybridized carbons (Fsp3) is 0.400. The molecule has 0 bridgehead atoms. The molecule has 1 aliphatic heterocycles. The number of ether oxygens (including phenoxy) is 3. The monoisotopic (exact) mass is 425 g/mol. The third-order valence-corrected chi connectivity index (χ3v) is 5.43. The second kappa shape index (κ2) is 11.5. The summed E-state index contributed by atoms with van der Waals surface area (Å²) in [6, 6.07) is 17.6. The Morgan fingerprint density at radius 1 is 1.13 bits per heavy atom. The fourth-order valence-electron chi connectivity index (χ4n) is 3.84. The van der Waals surface area contributed by atoms with Crippen LogP contribution in [0.4, 0.5) is 0 Å². The normalized spacial score (nSPS) is 20.5. The number of aliphatic hydroxyl groups excluding tert-OH is 1. The first kappa shape index (κ1) is 22.8. The number of benzene rings is 2. The molecule has 6 heteroatoms. The summed E-state index contributed by atoms with van der Waals surface area (Å²) in [6.07, 6.45) is 2.66. The molecule has 0 saturated carbocycles. The van der Waals surface area contributed by atoms with E-state index in [0.717, 1.165) is 16.9 Å². The van der Waals surface area contributed by atoms with E-state index in [0.29, 0.717) is 26.0 Å². The zero-order valence-corrected chi connectivity index (χ0v) is 18.1. The molecule has 0 spiro atoms. The lowest BCUT2D eigenvalue weighted by Crippen LogP contribution is -2.39. The van der Waals surface area contributed by atoms with Crippen LogP contribution in [0.15, 0.2) is 66.4 Å². The highest BCUT2D eigenvalue weighted by Gasteiger charge is 2.37. The van der Waals surface area contributed by atoms with Crippen molar-refractivity contribution in [3.05, 3.63) is 77.6 Å². The molecule has 0 unspecified atom stereocenters. The van der Waals surface area contributed by atoms with Crippen LogP contribution in [0.1, 0.15) is 36.8 Å². The van der Waals surface area contributed by atoms with E-state index in [1.54, 1.807) is 7.11 Å². The molecule has 3 atom stereocenters. The molecule has 31 heavy (non-hydrogen) atoms. The zero-order chi connectivity index (χ0) is 22.1. The van der Waals surface area contributed by atoms with Crippen molar-refractivity contribution in [3.63, 3.8) is 0 Å². The Kier molecular flexibility index (Phi) is 8.50. The van der Waals surface area contributed by atoms with E-state index in [1.165, 1.54) is 0 Å². The van der Waals surface area contributed by atoms with E-state index in [4.69, 9.17) is 14.2 Å². The van der Waals surface area contributed by atoms with Gasteiger partial charge in [-0.25, -0.2) is 0 Å². The second-order valence-corrected chi connectivity index (χ2v) is 7.47. The number of carbonyl (C=O) groups is 1. The van der Waals surface area contributed by atoms with Crippen molar-refractivity contribution in [2.45, 2.75) is 38.5 Å². The molecule has 0 aromatic heterocycles. The molecule has 6 nitrogen and oxygen atoms in total. The predicted molar refractivity (Wildman–Crippen MR) is 118 cm³/mol. The van der Waals surface area contributed by atoms with Crippen LogP contribution in [0.5, 0.6) is 5.75 Å². The van der Waals surface area contributed by atoms with Crippen molar-refractivity contribution in [3.8, 4) is 5.75 Å². The van der Waals surface area contributed by atoms with Crippen molar-refractivity contribution in [2.75, 3.05) is 20.3 Å². The molecule has 3 rings (SSSR count). The van der Waals surface area contributed by atoms with Crippen molar-refractivity contribution in [1.82, 2.24) is 5.32 Å². The van der Waals surface area contributed by atoms with Gasteiger partial charge in [-0.3, -0.25) is 4.79 Å². The number of methoxy groups -OCH3 is 1. The number of amides is 1. The Labute approximate surface area is 183 Å². The van der Waals surface area contributed by atoms with E-state index in [1.807, 2.05) is 67.6 Å². The summed E-state index contributed by atoms with van der Waals surface area (Å²) in [7, 11) is 1.63. The molecule has 1 amide bonds. The van der Waals surface area contributed by atoms with Crippen LogP contribution < -0.4 is 10.1 Å². The summed E-state index contributed by atoms with van der Waals surface area (Å²) in [5.41, 5.74) is 2.06. The maximum absolute atomic E-state index is 12.9. The molecular formula is C25H31NO5. The van der Waals surface area contributed by atoms with Gasteiger partial charge in [0, 0.05) is 31.6 Å². The summed E-state index contributed by atoms with van der Waals surface area (Å²) in [4.78, 5) is 12.9. The van der Waals surface area contributed by atoms with Gasteiger partial charge in [0.1, 0.15) is 5.75 Å². The molecule has 1 aliphatic rings. The van der Waals surface area contributed by atoms with E-state index in [-0.39, 0.29) is 30.1 Å². The number of hydrogen-bond donors (Lipinski definition) is 2.